The molecule has 0 heterocycles. The third-order valence-electron chi connectivity index (χ3n) is 6.69. The van der Waals surface area contributed by atoms with Gasteiger partial charge < -0.3 is 26.0 Å². The van der Waals surface area contributed by atoms with Crippen molar-refractivity contribution in [2.75, 3.05) is 6.54 Å². The normalized spacial score (nSPS) is 13.6. The first kappa shape index (κ1) is 34.9. The van der Waals surface area contributed by atoms with E-state index in [1.165, 1.54) is 0 Å². The second-order valence-electron chi connectivity index (χ2n) is 11.7. The summed E-state index contributed by atoms with van der Waals surface area (Å²) in [6.45, 7) is 15.5. The first-order valence-electron chi connectivity index (χ1n) is 14.7. The van der Waals surface area contributed by atoms with Gasteiger partial charge in [0.05, 0.1) is 0 Å². The van der Waals surface area contributed by atoms with Crippen LogP contribution in [0.15, 0.2) is 18.2 Å². The molecule has 0 radical (unpaired) electrons. The molecule has 0 aliphatic heterocycles. The summed E-state index contributed by atoms with van der Waals surface area (Å²) in [5.74, 6) is -1.31. The second-order valence-corrected chi connectivity index (χ2v) is 11.7. The van der Waals surface area contributed by atoms with Crippen molar-refractivity contribution in [1.82, 2.24) is 15.5 Å². The van der Waals surface area contributed by atoms with E-state index in [1.54, 1.807) is 25.7 Å². The number of hydrogen-bond acceptors (Lipinski definition) is 5. The van der Waals surface area contributed by atoms with Gasteiger partial charge in [0.2, 0.25) is 17.7 Å². The summed E-state index contributed by atoms with van der Waals surface area (Å²) in [7, 11) is 0. The van der Waals surface area contributed by atoms with Gasteiger partial charge in [0.1, 0.15) is 17.7 Å². The molecule has 1 aromatic rings. The van der Waals surface area contributed by atoms with Crippen LogP contribution in [-0.2, 0) is 19.1 Å². The molecule has 40 heavy (non-hydrogen) atoms. The van der Waals surface area contributed by atoms with E-state index in [4.69, 9.17) is 10.5 Å². The number of carbonyl (C=O) groups is 4. The Balaban J connectivity index is 3.62. The lowest BCUT2D eigenvalue weighted by atomic mass is 9.92. The lowest BCUT2D eigenvalue weighted by Gasteiger charge is -2.36. The number of unbranched alkanes of at least 4 members (excludes halogenated alkanes) is 3. The molecule has 0 saturated carbocycles. The number of primary amides is 1. The summed E-state index contributed by atoms with van der Waals surface area (Å²) in [6, 6.07) is 3.71. The molecule has 226 valence electrons. The van der Waals surface area contributed by atoms with Gasteiger partial charge in [-0.3, -0.25) is 14.4 Å². The Morgan fingerprint density at radius 2 is 1.57 bits per heavy atom. The van der Waals surface area contributed by atoms with Crippen molar-refractivity contribution in [3.63, 3.8) is 0 Å². The highest BCUT2D eigenvalue weighted by molar-refractivity contribution is 5.93. The van der Waals surface area contributed by atoms with Crippen molar-refractivity contribution in [3.05, 3.63) is 34.9 Å². The molecule has 4 amide bonds. The molecular weight excluding hydrogens is 508 g/mol. The van der Waals surface area contributed by atoms with Crippen LogP contribution in [0.3, 0.4) is 0 Å². The van der Waals surface area contributed by atoms with Crippen LogP contribution in [0.25, 0.3) is 0 Å². The highest BCUT2D eigenvalue weighted by Gasteiger charge is 2.37. The van der Waals surface area contributed by atoms with Crippen LogP contribution in [0.2, 0.25) is 0 Å². The fourth-order valence-corrected chi connectivity index (χ4v) is 4.78. The molecule has 1 rings (SSSR count). The molecule has 3 atom stereocenters. The van der Waals surface area contributed by atoms with Gasteiger partial charge in [-0.2, -0.15) is 0 Å². The van der Waals surface area contributed by atoms with Gasteiger partial charge in [-0.25, -0.2) is 4.79 Å². The number of rotatable bonds is 16. The van der Waals surface area contributed by atoms with Gasteiger partial charge in [-0.05, 0) is 77.5 Å². The van der Waals surface area contributed by atoms with Crippen LogP contribution in [0.4, 0.5) is 4.79 Å². The molecule has 0 aromatic heterocycles. The maximum atomic E-state index is 14.3. The monoisotopic (exact) mass is 560 g/mol. The number of hydrogen-bond donors (Lipinski definition) is 3. The second kappa shape index (κ2) is 16.9. The molecule has 0 bridgehead atoms. The Morgan fingerprint density at radius 3 is 2.10 bits per heavy atom. The average molecular weight is 561 g/mol. The zero-order valence-corrected chi connectivity index (χ0v) is 25.9. The van der Waals surface area contributed by atoms with Crippen molar-refractivity contribution >= 4 is 23.8 Å². The van der Waals surface area contributed by atoms with E-state index in [9.17, 15) is 19.2 Å². The third kappa shape index (κ3) is 12.0. The van der Waals surface area contributed by atoms with Crippen molar-refractivity contribution in [2.24, 2.45) is 5.73 Å². The van der Waals surface area contributed by atoms with Crippen LogP contribution in [-0.4, -0.2) is 52.9 Å². The van der Waals surface area contributed by atoms with Gasteiger partial charge in [0.25, 0.3) is 0 Å². The highest BCUT2D eigenvalue weighted by Crippen LogP contribution is 2.30. The summed E-state index contributed by atoms with van der Waals surface area (Å²) in [4.78, 5) is 54.3. The van der Waals surface area contributed by atoms with E-state index >= 15 is 0 Å². The number of benzene rings is 1. The van der Waals surface area contributed by atoms with Gasteiger partial charge in [0, 0.05) is 19.0 Å². The van der Waals surface area contributed by atoms with Crippen molar-refractivity contribution in [2.45, 2.75) is 130 Å². The maximum absolute atomic E-state index is 14.3. The fraction of sp³-hybridized carbons (Fsp3) is 0.677. The molecule has 1 aromatic carbocycles. The number of aryl methyl sites for hydroxylation is 2. The Hall–Kier alpha value is -3.10. The van der Waals surface area contributed by atoms with Crippen molar-refractivity contribution < 1.29 is 23.9 Å². The zero-order valence-electron chi connectivity index (χ0n) is 25.9. The average Bonchev–Trinajstić information content (AvgIpc) is 2.83. The van der Waals surface area contributed by atoms with Crippen molar-refractivity contribution in [1.29, 1.82) is 0 Å². The minimum atomic E-state index is -1.10. The Morgan fingerprint density at radius 1 is 0.950 bits per heavy atom. The van der Waals surface area contributed by atoms with E-state index in [2.05, 4.69) is 24.5 Å². The number of carbonyl (C=O) groups excluding carboxylic acids is 4. The summed E-state index contributed by atoms with van der Waals surface area (Å²) in [6.07, 6.45) is 4.41. The molecule has 3 unspecified atom stereocenters. The number of ether oxygens (including phenoxy) is 1. The van der Waals surface area contributed by atoms with Crippen molar-refractivity contribution in [3.8, 4) is 0 Å². The lowest BCUT2D eigenvalue weighted by molar-refractivity contribution is -0.143. The number of amides is 4. The minimum absolute atomic E-state index is 0.00774. The largest absolute Gasteiger partial charge is 0.444 e. The van der Waals surface area contributed by atoms with E-state index in [0.29, 0.717) is 13.0 Å². The third-order valence-corrected chi connectivity index (χ3v) is 6.69. The highest BCUT2D eigenvalue weighted by atomic mass is 16.6. The van der Waals surface area contributed by atoms with E-state index in [-0.39, 0.29) is 24.8 Å². The predicted octanol–water partition coefficient (Wildman–Crippen LogP) is 5.22. The summed E-state index contributed by atoms with van der Waals surface area (Å²) in [5, 5.41) is 5.77. The van der Waals surface area contributed by atoms with Gasteiger partial charge in [0.15, 0.2) is 0 Å². The number of alkyl carbamates (subject to hydrolysis) is 1. The number of nitrogens with two attached hydrogens (primary N) is 1. The van der Waals surface area contributed by atoms with E-state index < -0.39 is 35.6 Å². The topological polar surface area (TPSA) is 131 Å². The molecule has 9 heteroatoms. The van der Waals surface area contributed by atoms with Crippen LogP contribution >= 0.6 is 0 Å². The first-order chi connectivity index (χ1) is 18.7. The Labute approximate surface area is 241 Å². The van der Waals surface area contributed by atoms with Crippen LogP contribution < -0.4 is 16.4 Å². The maximum Gasteiger partial charge on any atom is 0.408 e. The zero-order chi connectivity index (χ0) is 30.5. The molecule has 4 N–H and O–H groups in total. The molecule has 0 saturated heterocycles. The van der Waals surface area contributed by atoms with Gasteiger partial charge >= 0.3 is 6.09 Å². The molecule has 0 spiro atoms. The standard InChI is InChI=1S/C31H52N4O5/c1-9-11-12-13-20-35(29(38)24(18-19-25(32)36)34-30(39)40-31(6,7)8)27(28(37)33-23(5)15-10-2)26-21(3)16-14-17-22(26)4/h14,16-17,23-24,27H,9-13,15,18-20H2,1-8H3,(H2,32,36)(H,33,37)(H,34,39). The Bertz CT molecular complexity index is 968. The summed E-state index contributed by atoms with van der Waals surface area (Å²) in [5.41, 5.74) is 7.18. The SMILES string of the molecule is CCCCCCN(C(=O)C(CCC(N)=O)NC(=O)OC(C)(C)C)C(C(=O)NC(C)CCC)c1c(C)cccc1C. The molecule has 0 aliphatic carbocycles. The summed E-state index contributed by atoms with van der Waals surface area (Å²) < 4.78 is 5.41. The number of nitrogens with zero attached hydrogens (tertiary/aromatic N) is 1. The smallest absolute Gasteiger partial charge is 0.408 e. The number of nitrogens with one attached hydrogen (secondary N) is 2. The minimum Gasteiger partial charge on any atom is -0.444 e. The molecular formula is C31H52N4O5. The van der Waals surface area contributed by atoms with Crippen LogP contribution in [0, 0.1) is 13.8 Å². The van der Waals surface area contributed by atoms with E-state index in [1.807, 2.05) is 39.0 Å². The van der Waals surface area contributed by atoms with Crippen LogP contribution in [0.5, 0.6) is 0 Å². The quantitative estimate of drug-likeness (QED) is 0.239. The van der Waals surface area contributed by atoms with E-state index in [0.717, 1.165) is 48.8 Å². The predicted molar refractivity (Wildman–Crippen MR) is 159 cm³/mol. The molecule has 0 aliphatic rings. The molecule has 0 fully saturated rings. The van der Waals surface area contributed by atoms with Gasteiger partial charge in [-0.1, -0.05) is 57.7 Å². The first-order valence-corrected chi connectivity index (χ1v) is 14.7. The Kier molecular flexibility index (Phi) is 14.7. The summed E-state index contributed by atoms with van der Waals surface area (Å²) >= 11 is 0. The molecule has 9 nitrogen and oxygen atoms in total. The van der Waals surface area contributed by atoms with Gasteiger partial charge in [-0.15, -0.1) is 0 Å². The lowest BCUT2D eigenvalue weighted by Crippen LogP contribution is -2.54. The fourth-order valence-electron chi connectivity index (χ4n) is 4.78. The van der Waals surface area contributed by atoms with Crippen LogP contribution in [0.1, 0.15) is 116 Å².